The Morgan fingerprint density at radius 2 is 1.52 bits per heavy atom. The second kappa shape index (κ2) is 19.7. The number of rotatable bonds is 10. The number of benzene rings is 2. The van der Waals surface area contributed by atoms with Gasteiger partial charge in [0.1, 0.15) is 11.9 Å². The van der Waals surface area contributed by atoms with Crippen molar-refractivity contribution in [2.24, 2.45) is 23.7 Å². The third-order valence-corrected chi connectivity index (χ3v) is 14.5. The molecule has 0 spiro atoms. The molecular weight excluding hydrogens is 807 g/mol. The molecule has 348 valence electrons. The largest absolute Gasteiger partial charge is 0.458 e. The Morgan fingerprint density at radius 3 is 2.05 bits per heavy atom. The molecular formula is C49H71N3O11. The van der Waals surface area contributed by atoms with Crippen molar-refractivity contribution in [1.29, 1.82) is 0 Å². The molecule has 4 aliphatic heterocycles. The van der Waals surface area contributed by atoms with Crippen LogP contribution in [0.25, 0.3) is 0 Å². The predicted octanol–water partition coefficient (Wildman–Crippen LogP) is 6.03. The fourth-order valence-corrected chi connectivity index (χ4v) is 11.0. The standard InChI is InChI=1S/C49H71N3O11/c1-13-38-49(9)43(52(47(57)63-49)36-26-51(27-36)39(34-20-16-14-17-21-34)35-22-18-15-19-23-35)30(4)40(54)28(2)25-48(8,58-12)44(31(5)41(55)32(6)45(56)61-38)62-46-42(60-33(7)53)37(50(10)11)24-29(3)59-46/h14-23,28-32,36-39,41-44,46,55H,13,24-27H2,1-12H3/t28-,29+,30-,31+,32+,37-,38-,41+,42-,43+,44-,46-,48?,49-/m0/s1. The minimum absolute atomic E-state index is 0.0569. The van der Waals surface area contributed by atoms with E-state index in [2.05, 4.69) is 29.2 Å². The van der Waals surface area contributed by atoms with E-state index in [0.29, 0.717) is 19.5 Å². The first-order valence-corrected chi connectivity index (χ1v) is 22.7. The number of cyclic esters (lactones) is 1. The van der Waals surface area contributed by atoms with E-state index >= 15 is 4.79 Å². The van der Waals surface area contributed by atoms with E-state index in [1.54, 1.807) is 25.7 Å². The van der Waals surface area contributed by atoms with Crippen molar-refractivity contribution in [3.8, 4) is 0 Å². The van der Waals surface area contributed by atoms with Crippen molar-refractivity contribution in [3.05, 3.63) is 71.8 Å². The van der Waals surface area contributed by atoms with Crippen LogP contribution in [0, 0.1) is 23.7 Å². The number of hydrogen-bond acceptors (Lipinski definition) is 13. The second-order valence-corrected chi connectivity index (χ2v) is 19.2. The highest BCUT2D eigenvalue weighted by Crippen LogP contribution is 2.46. The fraction of sp³-hybridized carbons (Fsp3) is 0.673. The average molecular weight is 878 g/mol. The van der Waals surface area contributed by atoms with Gasteiger partial charge in [0.05, 0.1) is 54.0 Å². The van der Waals surface area contributed by atoms with Gasteiger partial charge < -0.3 is 38.4 Å². The number of aliphatic hydroxyl groups excluding tert-OH is 1. The van der Waals surface area contributed by atoms with Crippen molar-refractivity contribution in [1.82, 2.24) is 14.7 Å². The number of fused-ring (bicyclic) bond motifs is 1. The van der Waals surface area contributed by atoms with Gasteiger partial charge >= 0.3 is 18.0 Å². The number of carbonyl (C=O) groups is 4. The van der Waals surface area contributed by atoms with E-state index in [1.807, 2.05) is 90.0 Å². The van der Waals surface area contributed by atoms with E-state index in [-0.39, 0.29) is 42.9 Å². The molecule has 14 nitrogen and oxygen atoms in total. The minimum Gasteiger partial charge on any atom is -0.458 e. The third-order valence-electron chi connectivity index (χ3n) is 14.5. The van der Waals surface area contributed by atoms with Gasteiger partial charge in [-0.15, -0.1) is 0 Å². The summed E-state index contributed by atoms with van der Waals surface area (Å²) in [7, 11) is 5.33. The number of likely N-dealkylation sites (N-methyl/N-ethyl adjacent to an activating group) is 1. The summed E-state index contributed by atoms with van der Waals surface area (Å²) in [5, 5.41) is 12.1. The van der Waals surface area contributed by atoms with Gasteiger partial charge in [-0.25, -0.2) is 4.79 Å². The maximum absolute atomic E-state index is 15.1. The first-order chi connectivity index (χ1) is 29.8. The van der Waals surface area contributed by atoms with Crippen LogP contribution in [0.1, 0.15) is 98.7 Å². The number of carbonyl (C=O) groups excluding carboxylic acids is 4. The summed E-state index contributed by atoms with van der Waals surface area (Å²) in [6.45, 7) is 16.8. The summed E-state index contributed by atoms with van der Waals surface area (Å²) in [5.41, 5.74) is -0.406. The lowest BCUT2D eigenvalue weighted by molar-refractivity contribution is -0.303. The number of hydrogen-bond donors (Lipinski definition) is 1. The smallest absolute Gasteiger partial charge is 0.411 e. The number of likely N-dealkylation sites (tertiary alicyclic amines) is 1. The van der Waals surface area contributed by atoms with E-state index in [9.17, 15) is 19.5 Å². The molecule has 4 saturated heterocycles. The lowest BCUT2D eigenvalue weighted by atomic mass is 9.72. The van der Waals surface area contributed by atoms with Gasteiger partial charge in [-0.2, -0.15) is 0 Å². The van der Waals surface area contributed by atoms with Crippen molar-refractivity contribution < 1.29 is 52.7 Å². The Bertz CT molecular complexity index is 1860. The zero-order chi connectivity index (χ0) is 46.1. The van der Waals surface area contributed by atoms with Crippen LogP contribution < -0.4 is 0 Å². The van der Waals surface area contributed by atoms with Crippen LogP contribution in [0.4, 0.5) is 4.79 Å². The molecule has 14 heteroatoms. The highest BCUT2D eigenvalue weighted by molar-refractivity contribution is 5.85. The minimum atomic E-state index is -1.41. The van der Waals surface area contributed by atoms with Crippen LogP contribution in [0.5, 0.6) is 0 Å². The van der Waals surface area contributed by atoms with E-state index < -0.39 is 89.7 Å². The maximum Gasteiger partial charge on any atom is 0.411 e. The van der Waals surface area contributed by atoms with Crippen molar-refractivity contribution in [2.75, 3.05) is 34.3 Å². The summed E-state index contributed by atoms with van der Waals surface area (Å²) in [6, 6.07) is 19.1. The maximum atomic E-state index is 15.1. The van der Waals surface area contributed by atoms with Crippen molar-refractivity contribution in [2.45, 2.75) is 154 Å². The van der Waals surface area contributed by atoms with Crippen LogP contribution in [0.15, 0.2) is 60.7 Å². The summed E-state index contributed by atoms with van der Waals surface area (Å²) < 4.78 is 38.1. The lowest BCUT2D eigenvalue weighted by Gasteiger charge is -2.51. The molecule has 2 aromatic carbocycles. The van der Waals surface area contributed by atoms with Crippen LogP contribution >= 0.6 is 0 Å². The molecule has 4 aliphatic rings. The number of esters is 2. The quantitative estimate of drug-likeness (QED) is 0.219. The summed E-state index contributed by atoms with van der Waals surface area (Å²) in [4.78, 5) is 62.2. The number of ketones is 1. The van der Waals surface area contributed by atoms with Gasteiger partial charge in [-0.05, 0) is 72.2 Å². The number of Topliss-reactive ketones (excluding diaryl/α,β-unsaturated/α-hetero) is 1. The first-order valence-electron chi connectivity index (χ1n) is 22.7. The Morgan fingerprint density at radius 1 is 0.937 bits per heavy atom. The van der Waals surface area contributed by atoms with Crippen LogP contribution in [-0.2, 0) is 42.8 Å². The molecule has 0 aromatic heterocycles. The molecule has 4 fully saturated rings. The fourth-order valence-electron chi connectivity index (χ4n) is 11.0. The Hall–Kier alpha value is -3.92. The summed E-state index contributed by atoms with van der Waals surface area (Å²) in [6.07, 6.45) is -5.00. The lowest BCUT2D eigenvalue weighted by Crippen LogP contribution is -2.66. The Labute approximate surface area is 373 Å². The zero-order valence-corrected chi connectivity index (χ0v) is 39.3. The second-order valence-electron chi connectivity index (χ2n) is 19.2. The Kier molecular flexibility index (Phi) is 15.2. The summed E-state index contributed by atoms with van der Waals surface area (Å²) in [5.74, 6) is -4.58. The number of amides is 1. The molecule has 14 atom stereocenters. The van der Waals surface area contributed by atoms with E-state index in [0.717, 1.165) is 11.1 Å². The highest BCUT2D eigenvalue weighted by Gasteiger charge is 2.63. The van der Waals surface area contributed by atoms with E-state index in [1.165, 1.54) is 14.0 Å². The molecule has 1 unspecified atom stereocenters. The topological polar surface area (TPSA) is 154 Å². The van der Waals surface area contributed by atoms with Crippen LogP contribution in [0.2, 0.25) is 0 Å². The van der Waals surface area contributed by atoms with Gasteiger partial charge in [-0.3, -0.25) is 24.2 Å². The molecule has 0 radical (unpaired) electrons. The summed E-state index contributed by atoms with van der Waals surface area (Å²) >= 11 is 0. The number of aliphatic hydroxyl groups is 1. The zero-order valence-electron chi connectivity index (χ0n) is 39.3. The molecule has 0 aliphatic carbocycles. The SMILES string of the molecule is CC[C@@H]1OC(=O)[C@H](C)[C@H](O)[C@@H](C)[C@H](O[C@@H]2O[C@H](C)C[C@H](N(C)C)[C@@H]2OC(C)=O)C(C)(OC)C[C@H](C)C(=O)[C@H](C)[C@H]2N(C3CN(C(c4ccccc4)c4ccccc4)C3)C(=O)O[C@@]12C. The number of methoxy groups -OCH3 is 1. The molecule has 63 heavy (non-hydrogen) atoms. The van der Waals surface area contributed by atoms with Crippen LogP contribution in [-0.4, -0.2) is 144 Å². The van der Waals surface area contributed by atoms with Crippen molar-refractivity contribution >= 4 is 23.8 Å². The monoisotopic (exact) mass is 878 g/mol. The van der Waals surface area contributed by atoms with Gasteiger partial charge in [0, 0.05) is 44.9 Å². The van der Waals surface area contributed by atoms with Crippen LogP contribution in [0.3, 0.4) is 0 Å². The van der Waals surface area contributed by atoms with Gasteiger partial charge in [0.25, 0.3) is 0 Å². The molecule has 2 aromatic rings. The highest BCUT2D eigenvalue weighted by atomic mass is 16.7. The molecule has 1 amide bonds. The van der Waals surface area contributed by atoms with Gasteiger partial charge in [0.15, 0.2) is 18.0 Å². The molecule has 4 heterocycles. The molecule has 0 bridgehead atoms. The molecule has 0 saturated carbocycles. The molecule has 1 N–H and O–H groups in total. The van der Waals surface area contributed by atoms with Gasteiger partial charge in [-0.1, -0.05) is 88.4 Å². The third kappa shape index (κ3) is 9.72. The number of nitrogens with zero attached hydrogens (tertiary/aromatic N) is 3. The normalized spacial score (nSPS) is 37.5. The number of ether oxygens (including phenoxy) is 6. The van der Waals surface area contributed by atoms with Crippen molar-refractivity contribution in [3.63, 3.8) is 0 Å². The average Bonchev–Trinajstić information content (AvgIpc) is 3.51. The molecule has 6 rings (SSSR count). The first kappa shape index (κ1) is 48.5. The predicted molar refractivity (Wildman–Crippen MR) is 235 cm³/mol. The Balaban J connectivity index is 1.36. The van der Waals surface area contributed by atoms with Gasteiger partial charge in [0.2, 0.25) is 0 Å². The van der Waals surface area contributed by atoms with E-state index in [4.69, 9.17) is 28.4 Å².